The maximum atomic E-state index is 12.7. The van der Waals surface area contributed by atoms with E-state index in [9.17, 15) is 4.79 Å². The minimum absolute atomic E-state index is 0.119. The number of rotatable bonds is 3. The number of hydrogen-bond donors (Lipinski definition) is 1. The summed E-state index contributed by atoms with van der Waals surface area (Å²) in [6.07, 6.45) is 8.84. The molecule has 0 spiro atoms. The number of likely N-dealkylation sites (tertiary alicyclic amines) is 1. The Morgan fingerprint density at radius 2 is 1.93 bits per heavy atom. The lowest BCUT2D eigenvalue weighted by atomic mass is 10.0. The fraction of sp³-hybridized carbons (Fsp3) is 0.333. The van der Waals surface area contributed by atoms with Crippen LogP contribution >= 0.6 is 0 Å². The van der Waals surface area contributed by atoms with Gasteiger partial charge in [0.2, 0.25) is 0 Å². The molecular weight excluding hydrogens is 352 g/mol. The predicted octanol–water partition coefficient (Wildman–Crippen LogP) is 3.25. The molecule has 144 valence electrons. The quantitative estimate of drug-likeness (QED) is 0.759. The number of benzene rings is 1. The lowest BCUT2D eigenvalue weighted by Crippen LogP contribution is -2.46. The lowest BCUT2D eigenvalue weighted by Gasteiger charge is -2.34. The maximum Gasteiger partial charge on any atom is 0.323 e. The molecule has 0 radical (unpaired) electrons. The molecule has 1 fully saturated rings. The number of pyridine rings is 1. The molecular formula is C21H24N6O. The average Bonchev–Trinajstić information content (AvgIpc) is 2.74. The maximum absolute atomic E-state index is 12.7. The Morgan fingerprint density at radius 3 is 2.68 bits per heavy atom. The molecule has 2 amide bonds. The molecule has 0 atom stereocenters. The fourth-order valence-corrected chi connectivity index (χ4v) is 3.56. The first-order valence-corrected chi connectivity index (χ1v) is 9.49. The second kappa shape index (κ2) is 7.90. The molecule has 2 aromatic heterocycles. The number of anilines is 1. The smallest absolute Gasteiger partial charge is 0.323 e. The van der Waals surface area contributed by atoms with Crippen LogP contribution in [0.25, 0.3) is 22.0 Å². The van der Waals surface area contributed by atoms with Crippen LogP contribution < -0.4 is 5.32 Å². The van der Waals surface area contributed by atoms with E-state index in [0.29, 0.717) is 5.82 Å². The molecule has 7 heteroatoms. The largest absolute Gasteiger partial charge is 0.324 e. The van der Waals surface area contributed by atoms with Crippen LogP contribution in [0.15, 0.2) is 49.1 Å². The summed E-state index contributed by atoms with van der Waals surface area (Å²) in [5.41, 5.74) is 1.79. The van der Waals surface area contributed by atoms with Crippen molar-refractivity contribution in [3.05, 3.63) is 49.1 Å². The Kier molecular flexibility index (Phi) is 5.16. The third-order valence-corrected chi connectivity index (χ3v) is 5.37. The lowest BCUT2D eigenvalue weighted by molar-refractivity contribution is 0.156. The number of carbonyl (C=O) groups excluding carboxylic acids is 1. The number of nitrogens with one attached hydrogen (secondary N) is 1. The van der Waals surface area contributed by atoms with Crippen LogP contribution in [-0.4, -0.2) is 64.0 Å². The molecule has 0 saturated carbocycles. The zero-order valence-electron chi connectivity index (χ0n) is 16.2. The zero-order valence-corrected chi connectivity index (χ0v) is 16.2. The number of aromatic nitrogens is 3. The molecule has 0 aliphatic carbocycles. The molecule has 1 aromatic carbocycles. The first-order chi connectivity index (χ1) is 13.6. The zero-order chi connectivity index (χ0) is 19.5. The van der Waals surface area contributed by atoms with Crippen molar-refractivity contribution in [1.29, 1.82) is 0 Å². The first-order valence-electron chi connectivity index (χ1n) is 9.49. The highest BCUT2D eigenvalue weighted by molar-refractivity contribution is 5.93. The number of hydrogen-bond acceptors (Lipinski definition) is 5. The summed E-state index contributed by atoms with van der Waals surface area (Å²) < 4.78 is 0. The summed E-state index contributed by atoms with van der Waals surface area (Å²) in [5.74, 6) is 0.550. The number of piperidine rings is 1. The Hall–Kier alpha value is -3.06. The van der Waals surface area contributed by atoms with Crippen LogP contribution in [0.2, 0.25) is 0 Å². The predicted molar refractivity (Wildman–Crippen MR) is 110 cm³/mol. The van der Waals surface area contributed by atoms with Gasteiger partial charge in [-0.2, -0.15) is 0 Å². The van der Waals surface area contributed by atoms with Crippen molar-refractivity contribution >= 4 is 22.6 Å². The van der Waals surface area contributed by atoms with E-state index in [2.05, 4.69) is 32.2 Å². The summed E-state index contributed by atoms with van der Waals surface area (Å²) in [4.78, 5) is 29.6. The van der Waals surface area contributed by atoms with E-state index < -0.39 is 0 Å². The summed E-state index contributed by atoms with van der Waals surface area (Å²) in [6, 6.07) is 8.09. The van der Waals surface area contributed by atoms with Crippen LogP contribution in [0.1, 0.15) is 12.8 Å². The van der Waals surface area contributed by atoms with Crippen molar-refractivity contribution in [1.82, 2.24) is 24.8 Å². The van der Waals surface area contributed by atoms with Gasteiger partial charge in [-0.05, 0) is 50.5 Å². The van der Waals surface area contributed by atoms with Crippen LogP contribution in [0.3, 0.4) is 0 Å². The second-order valence-electron chi connectivity index (χ2n) is 7.30. The van der Waals surface area contributed by atoms with E-state index in [1.54, 1.807) is 29.7 Å². The van der Waals surface area contributed by atoms with E-state index in [1.165, 1.54) is 0 Å². The number of amides is 2. The van der Waals surface area contributed by atoms with Crippen LogP contribution in [0.5, 0.6) is 0 Å². The van der Waals surface area contributed by atoms with E-state index in [0.717, 1.165) is 48.0 Å². The summed E-state index contributed by atoms with van der Waals surface area (Å²) in [6.45, 7) is 2.03. The summed E-state index contributed by atoms with van der Waals surface area (Å²) >= 11 is 0. The van der Waals surface area contributed by atoms with Crippen molar-refractivity contribution in [3.63, 3.8) is 0 Å². The molecule has 0 unspecified atom stereocenters. The van der Waals surface area contributed by atoms with Gasteiger partial charge in [0, 0.05) is 42.6 Å². The molecule has 28 heavy (non-hydrogen) atoms. The fourth-order valence-electron chi connectivity index (χ4n) is 3.56. The topological polar surface area (TPSA) is 74.2 Å². The second-order valence-corrected chi connectivity index (χ2v) is 7.30. The molecule has 1 aliphatic rings. The molecule has 0 bridgehead atoms. The van der Waals surface area contributed by atoms with Crippen molar-refractivity contribution in [3.8, 4) is 11.3 Å². The van der Waals surface area contributed by atoms with E-state index >= 15 is 0 Å². The van der Waals surface area contributed by atoms with Gasteiger partial charge in [-0.25, -0.2) is 9.78 Å². The van der Waals surface area contributed by atoms with Crippen LogP contribution in [0.4, 0.5) is 10.6 Å². The van der Waals surface area contributed by atoms with E-state index in [1.807, 2.05) is 31.3 Å². The van der Waals surface area contributed by atoms with Crippen molar-refractivity contribution < 1.29 is 4.79 Å². The monoisotopic (exact) mass is 376 g/mol. The van der Waals surface area contributed by atoms with Gasteiger partial charge < -0.3 is 9.80 Å². The Bertz CT molecular complexity index is 969. The van der Waals surface area contributed by atoms with Crippen molar-refractivity contribution in [2.75, 3.05) is 32.5 Å². The molecule has 7 nitrogen and oxygen atoms in total. The normalized spacial score (nSPS) is 15.5. The molecule has 1 saturated heterocycles. The van der Waals surface area contributed by atoms with Crippen LogP contribution in [-0.2, 0) is 0 Å². The average molecular weight is 376 g/mol. The van der Waals surface area contributed by atoms with E-state index in [4.69, 9.17) is 0 Å². The van der Waals surface area contributed by atoms with Crippen molar-refractivity contribution in [2.45, 2.75) is 18.9 Å². The number of carbonyl (C=O) groups is 1. The summed E-state index contributed by atoms with van der Waals surface area (Å²) in [5, 5.41) is 4.94. The molecule has 4 rings (SSSR count). The number of nitrogens with zero attached hydrogens (tertiary/aromatic N) is 5. The van der Waals surface area contributed by atoms with Crippen LogP contribution in [0, 0.1) is 0 Å². The summed E-state index contributed by atoms with van der Waals surface area (Å²) in [7, 11) is 3.98. The van der Waals surface area contributed by atoms with Crippen molar-refractivity contribution in [2.24, 2.45) is 0 Å². The number of fused-ring (bicyclic) bond motifs is 1. The molecule has 3 aromatic rings. The van der Waals surface area contributed by atoms with E-state index in [-0.39, 0.29) is 12.1 Å². The minimum atomic E-state index is -0.119. The van der Waals surface area contributed by atoms with Gasteiger partial charge in [-0.15, -0.1) is 0 Å². The van der Waals surface area contributed by atoms with Gasteiger partial charge in [0.25, 0.3) is 0 Å². The number of urea groups is 1. The van der Waals surface area contributed by atoms with Gasteiger partial charge in [0.1, 0.15) is 5.82 Å². The highest BCUT2D eigenvalue weighted by Crippen LogP contribution is 2.24. The highest BCUT2D eigenvalue weighted by atomic mass is 16.2. The third kappa shape index (κ3) is 3.94. The molecule has 1 N–H and O–H groups in total. The minimum Gasteiger partial charge on any atom is -0.324 e. The first kappa shape index (κ1) is 18.3. The van der Waals surface area contributed by atoms with Gasteiger partial charge in [-0.3, -0.25) is 15.3 Å². The third-order valence-electron chi connectivity index (χ3n) is 5.37. The standard InChI is InChI=1S/C21H24N6O/c1-26-9-5-18(6-10-26)27(2)21(28)25-20-12-17-11-15(3-4-16(17)13-24-20)19-14-22-7-8-23-19/h3-4,7-8,11-14,18H,5-6,9-10H2,1-2H3,(H,24,25,28). The Morgan fingerprint density at radius 1 is 1.11 bits per heavy atom. The highest BCUT2D eigenvalue weighted by Gasteiger charge is 2.24. The Balaban J connectivity index is 1.51. The van der Waals surface area contributed by atoms with Gasteiger partial charge in [0.05, 0.1) is 11.9 Å². The molecule has 1 aliphatic heterocycles. The SMILES string of the molecule is CN1CCC(N(C)C(=O)Nc2cc3cc(-c4cnccn4)ccc3cn2)CC1. The van der Waals surface area contributed by atoms with Gasteiger partial charge >= 0.3 is 6.03 Å². The Labute approximate surface area is 164 Å². The van der Waals surface area contributed by atoms with Gasteiger partial charge in [-0.1, -0.05) is 12.1 Å². The molecule has 3 heterocycles. The van der Waals surface area contributed by atoms with Gasteiger partial charge in [0.15, 0.2) is 0 Å².